The third-order valence-electron chi connectivity index (χ3n) is 2.21. The lowest BCUT2D eigenvalue weighted by Gasteiger charge is -2.12. The number of rotatable bonds is 3. The van der Waals surface area contributed by atoms with Gasteiger partial charge in [0.2, 0.25) is 5.91 Å². The van der Waals surface area contributed by atoms with Gasteiger partial charge in [0.05, 0.1) is 0 Å². The van der Waals surface area contributed by atoms with Crippen LogP contribution in [0.2, 0.25) is 0 Å². The van der Waals surface area contributed by atoms with Gasteiger partial charge in [-0.3, -0.25) is 4.79 Å². The Labute approximate surface area is 96.5 Å². The molecule has 1 aromatic carbocycles. The highest BCUT2D eigenvalue weighted by Crippen LogP contribution is 2.06. The van der Waals surface area contributed by atoms with E-state index < -0.39 is 12.0 Å². The van der Waals surface area contributed by atoms with E-state index in [0.29, 0.717) is 5.56 Å². The average molecular weight is 215 g/mol. The van der Waals surface area contributed by atoms with Gasteiger partial charge in [0.15, 0.2) is 0 Å². The first-order chi connectivity index (χ1) is 7.45. The van der Waals surface area contributed by atoms with Gasteiger partial charge >= 0.3 is 0 Å². The van der Waals surface area contributed by atoms with Crippen molar-refractivity contribution in [3.8, 4) is 5.75 Å². The smallest absolute Gasteiger partial charge is 0.248 e. The van der Waals surface area contributed by atoms with Crippen LogP contribution >= 0.6 is 0 Å². The molecule has 16 heavy (non-hydrogen) atoms. The maximum atomic E-state index is 11.1. The Hall–Kier alpha value is -1.42. The third kappa shape index (κ3) is 2.79. The predicted molar refractivity (Wildman–Crippen MR) is 62.7 cm³/mol. The fourth-order valence-corrected chi connectivity index (χ4v) is 1.34. The Morgan fingerprint density at radius 3 is 2.38 bits per heavy atom. The van der Waals surface area contributed by atoms with E-state index in [9.17, 15) is 15.0 Å². The van der Waals surface area contributed by atoms with E-state index in [2.05, 4.69) is 5.32 Å². The molecule has 0 aliphatic heterocycles. The van der Waals surface area contributed by atoms with Gasteiger partial charge in [0.25, 0.3) is 0 Å². The zero-order valence-electron chi connectivity index (χ0n) is 8.90. The van der Waals surface area contributed by atoms with E-state index >= 15 is 0 Å². The molecule has 1 atom stereocenters. The standard InChI is InChI=1S/C10H11B2NO3/c1-13-10(16)8(14)4-5-2-6(11)9(15)7(12)3-5/h2-3,8,14-15H,4H2,1H3,(H,13,16)/t8-/m1/s1. The molecule has 4 nitrogen and oxygen atoms in total. The lowest BCUT2D eigenvalue weighted by molar-refractivity contribution is -0.128. The first-order valence-corrected chi connectivity index (χ1v) is 4.72. The van der Waals surface area contributed by atoms with Gasteiger partial charge in [-0.15, -0.1) is 0 Å². The molecule has 1 aromatic rings. The number of carbonyl (C=O) groups is 1. The lowest BCUT2D eigenvalue weighted by Crippen LogP contribution is -2.33. The monoisotopic (exact) mass is 215 g/mol. The van der Waals surface area contributed by atoms with E-state index in [0.717, 1.165) is 0 Å². The summed E-state index contributed by atoms with van der Waals surface area (Å²) in [6, 6.07) is 2.94. The maximum absolute atomic E-state index is 11.1. The summed E-state index contributed by atoms with van der Waals surface area (Å²) in [7, 11) is 12.4. The molecule has 0 fully saturated rings. The van der Waals surface area contributed by atoms with Crippen molar-refractivity contribution in [2.45, 2.75) is 12.5 Å². The van der Waals surface area contributed by atoms with E-state index in [-0.39, 0.29) is 23.1 Å². The molecule has 1 rings (SSSR count). The summed E-state index contributed by atoms with van der Waals surface area (Å²) in [5.74, 6) is -0.664. The molecule has 1 amide bonds. The zero-order chi connectivity index (χ0) is 12.3. The van der Waals surface area contributed by atoms with Crippen molar-refractivity contribution in [3.05, 3.63) is 17.7 Å². The van der Waals surface area contributed by atoms with Crippen molar-refractivity contribution in [2.24, 2.45) is 0 Å². The molecular weight excluding hydrogens is 204 g/mol. The minimum Gasteiger partial charge on any atom is -0.509 e. The van der Waals surface area contributed by atoms with Crippen molar-refractivity contribution >= 4 is 32.5 Å². The molecule has 0 heterocycles. The number of aliphatic hydroxyl groups excluding tert-OH is 1. The third-order valence-corrected chi connectivity index (χ3v) is 2.21. The first-order valence-electron chi connectivity index (χ1n) is 4.72. The Morgan fingerprint density at radius 2 is 1.94 bits per heavy atom. The van der Waals surface area contributed by atoms with Gasteiger partial charge in [0.1, 0.15) is 27.5 Å². The number of nitrogens with one attached hydrogen (secondary N) is 1. The summed E-state index contributed by atoms with van der Waals surface area (Å²) in [5.41, 5.74) is 0.835. The van der Waals surface area contributed by atoms with Crippen molar-refractivity contribution < 1.29 is 15.0 Å². The number of hydrogen-bond acceptors (Lipinski definition) is 3. The second-order valence-corrected chi connectivity index (χ2v) is 3.46. The topological polar surface area (TPSA) is 69.6 Å². The van der Waals surface area contributed by atoms with Gasteiger partial charge in [-0.2, -0.15) is 0 Å². The van der Waals surface area contributed by atoms with Crippen LogP contribution < -0.4 is 16.2 Å². The van der Waals surface area contributed by atoms with Crippen LogP contribution in [0.25, 0.3) is 0 Å². The summed E-state index contributed by atoms with van der Waals surface area (Å²) >= 11 is 0. The highest BCUT2D eigenvalue weighted by Gasteiger charge is 2.14. The molecule has 0 spiro atoms. The van der Waals surface area contributed by atoms with E-state index in [1.165, 1.54) is 19.2 Å². The van der Waals surface area contributed by atoms with Crippen LogP contribution in [-0.4, -0.2) is 45.0 Å². The van der Waals surface area contributed by atoms with Gasteiger partial charge in [-0.25, -0.2) is 0 Å². The normalized spacial score (nSPS) is 12.1. The Kier molecular flexibility index (Phi) is 4.01. The summed E-state index contributed by atoms with van der Waals surface area (Å²) < 4.78 is 0. The van der Waals surface area contributed by atoms with Crippen LogP contribution in [0.4, 0.5) is 0 Å². The number of benzene rings is 1. The Morgan fingerprint density at radius 1 is 1.44 bits per heavy atom. The van der Waals surface area contributed by atoms with E-state index in [4.69, 9.17) is 15.7 Å². The number of phenolic OH excluding ortho intramolecular Hbond substituents is 1. The molecule has 0 saturated heterocycles. The summed E-state index contributed by atoms with van der Waals surface area (Å²) in [6.07, 6.45) is -1.07. The highest BCUT2D eigenvalue weighted by atomic mass is 16.3. The van der Waals surface area contributed by atoms with E-state index in [1.54, 1.807) is 0 Å². The number of carbonyl (C=O) groups excluding carboxylic acids is 1. The second-order valence-electron chi connectivity index (χ2n) is 3.46. The number of hydrogen-bond donors (Lipinski definition) is 3. The van der Waals surface area contributed by atoms with Crippen molar-refractivity contribution in [2.75, 3.05) is 7.05 Å². The predicted octanol–water partition coefficient (Wildman–Crippen LogP) is -2.37. The Bertz CT molecular complexity index is 386. The summed E-state index contributed by atoms with van der Waals surface area (Å²) in [6.45, 7) is 0. The van der Waals surface area contributed by atoms with Crippen LogP contribution in [0, 0.1) is 0 Å². The average Bonchev–Trinajstić information content (AvgIpc) is 2.24. The fraction of sp³-hybridized carbons (Fsp3) is 0.300. The first kappa shape index (κ1) is 12.6. The van der Waals surface area contributed by atoms with Gasteiger partial charge in [-0.1, -0.05) is 23.1 Å². The molecule has 6 heteroatoms. The van der Waals surface area contributed by atoms with Gasteiger partial charge in [0, 0.05) is 13.5 Å². The van der Waals surface area contributed by atoms with Crippen LogP contribution in [0.1, 0.15) is 5.56 Å². The molecule has 0 aliphatic rings. The minimum atomic E-state index is -1.16. The van der Waals surface area contributed by atoms with Crippen LogP contribution in [-0.2, 0) is 11.2 Å². The number of phenols is 1. The number of aromatic hydroxyl groups is 1. The van der Waals surface area contributed by atoms with Crippen LogP contribution in [0.15, 0.2) is 12.1 Å². The van der Waals surface area contributed by atoms with Crippen LogP contribution in [0.5, 0.6) is 5.75 Å². The Balaban J connectivity index is 2.86. The molecule has 3 N–H and O–H groups in total. The zero-order valence-corrected chi connectivity index (χ0v) is 8.90. The minimum absolute atomic E-state index is 0.0916. The molecule has 0 saturated carbocycles. The number of likely N-dealkylation sites (N-methyl/N-ethyl adjacent to an activating group) is 1. The molecule has 0 bridgehead atoms. The highest BCUT2D eigenvalue weighted by molar-refractivity contribution is 6.41. The summed E-state index contributed by atoms with van der Waals surface area (Å²) in [5, 5.41) is 21.1. The quantitative estimate of drug-likeness (QED) is 0.493. The molecule has 4 radical (unpaired) electrons. The number of aliphatic hydroxyl groups is 1. The molecule has 0 unspecified atom stereocenters. The largest absolute Gasteiger partial charge is 0.509 e. The maximum Gasteiger partial charge on any atom is 0.248 e. The molecular formula is C10H11B2NO3. The molecule has 0 aliphatic carbocycles. The van der Waals surface area contributed by atoms with Crippen molar-refractivity contribution in [1.29, 1.82) is 0 Å². The van der Waals surface area contributed by atoms with Crippen molar-refractivity contribution in [1.82, 2.24) is 5.32 Å². The second kappa shape index (κ2) is 5.07. The summed E-state index contributed by atoms with van der Waals surface area (Å²) in [4.78, 5) is 11.1. The van der Waals surface area contributed by atoms with Gasteiger partial charge in [-0.05, 0) is 5.56 Å². The van der Waals surface area contributed by atoms with Crippen molar-refractivity contribution in [3.63, 3.8) is 0 Å². The molecule has 0 aromatic heterocycles. The van der Waals surface area contributed by atoms with Gasteiger partial charge < -0.3 is 15.5 Å². The van der Waals surface area contributed by atoms with Crippen LogP contribution in [0.3, 0.4) is 0 Å². The number of amides is 1. The fourth-order valence-electron chi connectivity index (χ4n) is 1.34. The lowest BCUT2D eigenvalue weighted by atomic mass is 9.83. The SMILES string of the molecule is [B]c1cc(C[C@@H](O)C(=O)NC)cc([B])c1O. The van der Waals surface area contributed by atoms with E-state index in [1.807, 2.05) is 0 Å². The molecule has 80 valence electrons.